The fraction of sp³-hybridized carbons (Fsp3) is 0.429. The summed E-state index contributed by atoms with van der Waals surface area (Å²) in [6.07, 6.45) is 2.75. The molecule has 1 heterocycles. The monoisotopic (exact) mass is 307 g/mol. The van der Waals surface area contributed by atoms with Crippen LogP contribution in [-0.4, -0.2) is 31.8 Å². The molecule has 0 atom stereocenters. The first-order chi connectivity index (χ1) is 10.2. The van der Waals surface area contributed by atoms with Crippen molar-refractivity contribution in [3.05, 3.63) is 34.6 Å². The smallest absolute Gasteiger partial charge is 0.303 e. The third-order valence-corrected chi connectivity index (χ3v) is 4.03. The standard InChI is InChI=1S/C14H17N3O3S/c18-13(19)8-2-1-5-9-21-10-17-14(20)11-6-3-4-7-12(11)15-16-17/h3-4,6-7H,1-2,5,8-10H2,(H,18,19). The molecule has 21 heavy (non-hydrogen) atoms. The van der Waals surface area contributed by atoms with E-state index < -0.39 is 5.97 Å². The van der Waals surface area contributed by atoms with Crippen molar-refractivity contribution in [3.63, 3.8) is 0 Å². The van der Waals surface area contributed by atoms with Crippen molar-refractivity contribution in [2.75, 3.05) is 5.75 Å². The third kappa shape index (κ3) is 4.56. The molecular formula is C14H17N3O3S. The molecule has 0 aliphatic carbocycles. The lowest BCUT2D eigenvalue weighted by atomic mass is 10.2. The van der Waals surface area contributed by atoms with Gasteiger partial charge in [-0.1, -0.05) is 23.8 Å². The van der Waals surface area contributed by atoms with E-state index in [0.717, 1.165) is 18.6 Å². The third-order valence-electron chi connectivity index (χ3n) is 3.02. The van der Waals surface area contributed by atoms with Crippen molar-refractivity contribution in [3.8, 4) is 0 Å². The van der Waals surface area contributed by atoms with Crippen molar-refractivity contribution in [1.29, 1.82) is 0 Å². The predicted molar refractivity (Wildman–Crippen MR) is 82.4 cm³/mol. The summed E-state index contributed by atoms with van der Waals surface area (Å²) in [5.74, 6) is 0.594. The molecule has 1 aromatic carbocycles. The number of carboxylic acids is 1. The molecule has 2 aromatic rings. The lowest BCUT2D eigenvalue weighted by Gasteiger charge is -2.04. The highest BCUT2D eigenvalue weighted by Gasteiger charge is 2.04. The second-order valence-electron chi connectivity index (χ2n) is 4.65. The fourth-order valence-corrected chi connectivity index (χ4v) is 2.80. The number of aliphatic carboxylic acids is 1. The van der Waals surface area contributed by atoms with Crippen LogP contribution in [0.25, 0.3) is 10.9 Å². The molecule has 0 amide bonds. The largest absolute Gasteiger partial charge is 0.481 e. The van der Waals surface area contributed by atoms with Crippen LogP contribution in [0.4, 0.5) is 0 Å². The van der Waals surface area contributed by atoms with Gasteiger partial charge in [0.05, 0.1) is 11.3 Å². The summed E-state index contributed by atoms with van der Waals surface area (Å²) >= 11 is 1.60. The van der Waals surface area contributed by atoms with E-state index in [1.807, 2.05) is 12.1 Å². The number of fused-ring (bicyclic) bond motifs is 1. The van der Waals surface area contributed by atoms with E-state index in [4.69, 9.17) is 5.11 Å². The number of nitrogens with zero attached hydrogens (tertiary/aromatic N) is 3. The second kappa shape index (κ2) is 7.78. The number of rotatable bonds is 8. The van der Waals surface area contributed by atoms with E-state index in [1.165, 1.54) is 4.68 Å². The van der Waals surface area contributed by atoms with Gasteiger partial charge in [0.1, 0.15) is 5.52 Å². The van der Waals surface area contributed by atoms with Crippen LogP contribution in [0.3, 0.4) is 0 Å². The van der Waals surface area contributed by atoms with Gasteiger partial charge < -0.3 is 5.11 Å². The van der Waals surface area contributed by atoms with Gasteiger partial charge in [0.25, 0.3) is 5.56 Å². The van der Waals surface area contributed by atoms with E-state index in [2.05, 4.69) is 10.3 Å². The van der Waals surface area contributed by atoms with Crippen LogP contribution in [0.1, 0.15) is 25.7 Å². The van der Waals surface area contributed by atoms with E-state index in [1.54, 1.807) is 23.9 Å². The van der Waals surface area contributed by atoms with Gasteiger partial charge in [0.2, 0.25) is 0 Å². The molecule has 0 radical (unpaired) electrons. The number of thioether (sulfide) groups is 1. The molecule has 0 aliphatic rings. The predicted octanol–water partition coefficient (Wildman–Crippen LogP) is 2.13. The van der Waals surface area contributed by atoms with E-state index in [9.17, 15) is 9.59 Å². The van der Waals surface area contributed by atoms with Crippen LogP contribution in [0.5, 0.6) is 0 Å². The molecule has 1 N–H and O–H groups in total. The van der Waals surface area contributed by atoms with E-state index >= 15 is 0 Å². The Labute approximate surface area is 126 Å². The van der Waals surface area contributed by atoms with Gasteiger partial charge in [0.15, 0.2) is 0 Å². The molecule has 0 saturated carbocycles. The van der Waals surface area contributed by atoms with Crippen molar-refractivity contribution in [1.82, 2.24) is 15.0 Å². The highest BCUT2D eigenvalue weighted by Crippen LogP contribution is 2.10. The summed E-state index contributed by atoms with van der Waals surface area (Å²) in [5.41, 5.74) is 0.483. The maximum absolute atomic E-state index is 12.2. The van der Waals surface area contributed by atoms with Crippen LogP contribution in [0, 0.1) is 0 Å². The molecule has 2 rings (SSSR count). The zero-order valence-electron chi connectivity index (χ0n) is 11.6. The summed E-state index contributed by atoms with van der Waals surface area (Å²) in [4.78, 5) is 22.5. The normalized spacial score (nSPS) is 10.9. The first-order valence-corrected chi connectivity index (χ1v) is 7.96. The molecule has 0 fully saturated rings. The maximum Gasteiger partial charge on any atom is 0.303 e. The Morgan fingerprint density at radius 1 is 1.24 bits per heavy atom. The summed E-state index contributed by atoms with van der Waals surface area (Å²) in [6, 6.07) is 7.15. The molecule has 0 spiro atoms. The van der Waals surface area contributed by atoms with Crippen molar-refractivity contribution in [2.45, 2.75) is 31.6 Å². The Morgan fingerprint density at radius 3 is 2.86 bits per heavy atom. The van der Waals surface area contributed by atoms with Gasteiger partial charge in [0, 0.05) is 6.42 Å². The number of hydrogen-bond acceptors (Lipinski definition) is 5. The van der Waals surface area contributed by atoms with Crippen molar-refractivity contribution in [2.24, 2.45) is 0 Å². The molecule has 6 nitrogen and oxygen atoms in total. The molecule has 0 aliphatic heterocycles. The highest BCUT2D eigenvalue weighted by atomic mass is 32.2. The zero-order chi connectivity index (χ0) is 15.1. The summed E-state index contributed by atoms with van der Waals surface area (Å²) < 4.78 is 1.37. The molecule has 0 saturated heterocycles. The van der Waals surface area contributed by atoms with Gasteiger partial charge in [-0.05, 0) is 30.7 Å². The number of aromatic nitrogens is 3. The Hall–Kier alpha value is -1.89. The quantitative estimate of drug-likeness (QED) is 0.752. The highest BCUT2D eigenvalue weighted by molar-refractivity contribution is 7.98. The van der Waals surface area contributed by atoms with Gasteiger partial charge in [-0.3, -0.25) is 9.59 Å². The fourth-order valence-electron chi connectivity index (χ4n) is 1.92. The van der Waals surface area contributed by atoms with Crippen molar-refractivity contribution >= 4 is 28.6 Å². The van der Waals surface area contributed by atoms with Crippen LogP contribution in [-0.2, 0) is 10.7 Å². The van der Waals surface area contributed by atoms with Crippen LogP contribution < -0.4 is 5.56 Å². The minimum Gasteiger partial charge on any atom is -0.481 e. The first kappa shape index (κ1) is 15.5. The Kier molecular flexibility index (Phi) is 5.74. The van der Waals surface area contributed by atoms with E-state index in [-0.39, 0.29) is 12.0 Å². The summed E-state index contributed by atoms with van der Waals surface area (Å²) in [5, 5.41) is 17.0. The molecule has 0 unspecified atom stereocenters. The second-order valence-corrected chi connectivity index (χ2v) is 5.73. The number of carboxylic acid groups (broad SMARTS) is 1. The number of hydrogen-bond donors (Lipinski definition) is 1. The van der Waals surface area contributed by atoms with Gasteiger partial charge >= 0.3 is 5.97 Å². The van der Waals surface area contributed by atoms with Crippen LogP contribution >= 0.6 is 11.8 Å². The van der Waals surface area contributed by atoms with Crippen LogP contribution in [0.15, 0.2) is 29.1 Å². The zero-order valence-corrected chi connectivity index (χ0v) is 12.4. The first-order valence-electron chi connectivity index (χ1n) is 6.80. The van der Waals surface area contributed by atoms with E-state index in [0.29, 0.717) is 23.2 Å². The van der Waals surface area contributed by atoms with Gasteiger partial charge in [-0.15, -0.1) is 16.9 Å². The Balaban J connectivity index is 1.80. The lowest BCUT2D eigenvalue weighted by molar-refractivity contribution is -0.137. The average Bonchev–Trinajstić information content (AvgIpc) is 2.48. The average molecular weight is 307 g/mol. The number of carbonyl (C=O) groups is 1. The Morgan fingerprint density at radius 2 is 2.05 bits per heavy atom. The molecule has 112 valence electrons. The summed E-state index contributed by atoms with van der Waals surface area (Å²) in [7, 11) is 0. The van der Waals surface area contributed by atoms with Crippen molar-refractivity contribution < 1.29 is 9.90 Å². The molecule has 1 aromatic heterocycles. The summed E-state index contributed by atoms with van der Waals surface area (Å²) in [6.45, 7) is 0. The molecular weight excluding hydrogens is 290 g/mol. The minimum absolute atomic E-state index is 0.126. The van der Waals surface area contributed by atoms with Gasteiger partial charge in [-0.25, -0.2) is 4.68 Å². The molecule has 0 bridgehead atoms. The SMILES string of the molecule is O=C(O)CCCCCSCn1nnc2ccccc2c1=O. The minimum atomic E-state index is -0.749. The Bertz CT molecular complexity index is 672. The number of benzene rings is 1. The number of unbranched alkanes of at least 4 members (excludes halogenated alkanes) is 2. The lowest BCUT2D eigenvalue weighted by Crippen LogP contribution is -2.23. The maximum atomic E-state index is 12.2. The topological polar surface area (TPSA) is 85.1 Å². The molecule has 7 heteroatoms. The van der Waals surface area contributed by atoms with Gasteiger partial charge in [-0.2, -0.15) is 0 Å². The van der Waals surface area contributed by atoms with Crippen LogP contribution in [0.2, 0.25) is 0 Å².